The molecule has 8 heteroatoms. The average molecular weight is 332 g/mol. The molecule has 1 N–H and O–H groups in total. The summed E-state index contributed by atoms with van der Waals surface area (Å²) < 4.78 is 41.4. The first-order valence-corrected chi connectivity index (χ1v) is 7.28. The van der Waals surface area contributed by atoms with Crippen LogP contribution in [-0.4, -0.2) is 29.1 Å². The Hall–Kier alpha value is -1.70. The Morgan fingerprint density at radius 1 is 1.32 bits per heavy atom. The lowest BCUT2D eigenvalue weighted by Gasteiger charge is -2.23. The van der Waals surface area contributed by atoms with Gasteiger partial charge in [-0.2, -0.15) is 18.2 Å². The molecule has 0 saturated heterocycles. The number of hydrogen-bond acceptors (Lipinski definition) is 4. The fourth-order valence-corrected chi connectivity index (χ4v) is 2.86. The third-order valence-corrected chi connectivity index (χ3v) is 4.63. The zero-order valence-corrected chi connectivity index (χ0v) is 13.0. The summed E-state index contributed by atoms with van der Waals surface area (Å²) in [6.07, 6.45) is -4.65. The quantitative estimate of drug-likeness (QED) is 0.923. The monoisotopic (exact) mass is 332 g/mol. The molecule has 2 atom stereocenters. The lowest BCUT2D eigenvalue weighted by Crippen LogP contribution is -2.44. The second-order valence-electron chi connectivity index (χ2n) is 4.99. The van der Waals surface area contributed by atoms with Gasteiger partial charge in [-0.1, -0.05) is 23.9 Å². The van der Waals surface area contributed by atoms with Gasteiger partial charge in [0.2, 0.25) is 0 Å². The van der Waals surface area contributed by atoms with Crippen LogP contribution in [0.15, 0.2) is 29.3 Å². The molecular formula is C14H15F3N2O2S. The van der Waals surface area contributed by atoms with E-state index in [1.54, 1.807) is 38.3 Å². The number of thioether (sulfide) groups is 1. The Morgan fingerprint density at radius 2 is 1.91 bits per heavy atom. The largest absolute Gasteiger partial charge is 0.497 e. The smallest absolute Gasteiger partial charge is 0.412 e. The number of carbonyl (C=O) groups excluding carboxylic acids is 1. The van der Waals surface area contributed by atoms with E-state index in [0.29, 0.717) is 17.5 Å². The molecule has 0 saturated carbocycles. The highest BCUT2D eigenvalue weighted by Crippen LogP contribution is 2.46. The van der Waals surface area contributed by atoms with E-state index in [2.05, 4.69) is 10.3 Å². The van der Waals surface area contributed by atoms with E-state index in [1.807, 2.05) is 0 Å². The molecule has 0 spiro atoms. The lowest BCUT2D eigenvalue weighted by atomic mass is 10.1. The maximum absolute atomic E-state index is 13.0. The molecule has 1 aromatic carbocycles. The van der Waals surface area contributed by atoms with E-state index < -0.39 is 16.8 Å². The molecule has 1 amide bonds. The van der Waals surface area contributed by atoms with Crippen molar-refractivity contribution in [3.8, 4) is 5.75 Å². The van der Waals surface area contributed by atoms with Gasteiger partial charge in [0.05, 0.1) is 13.2 Å². The van der Waals surface area contributed by atoms with Gasteiger partial charge >= 0.3 is 6.18 Å². The highest BCUT2D eigenvalue weighted by Gasteiger charge is 2.61. The van der Waals surface area contributed by atoms with Crippen LogP contribution in [0.3, 0.4) is 0 Å². The van der Waals surface area contributed by atoms with Crippen molar-refractivity contribution < 1.29 is 22.7 Å². The van der Waals surface area contributed by atoms with Crippen LogP contribution in [0, 0.1) is 0 Å². The van der Waals surface area contributed by atoms with Crippen molar-refractivity contribution >= 4 is 22.8 Å². The summed E-state index contributed by atoms with van der Waals surface area (Å²) in [5.41, 5.74) is 0.845. The minimum atomic E-state index is -4.65. The minimum absolute atomic E-state index is 0.0202. The highest BCUT2D eigenvalue weighted by atomic mass is 32.2. The zero-order valence-electron chi connectivity index (χ0n) is 12.2. The standard InChI is InChI=1S/C14H15F3N2O2S/c1-8(9-4-6-10(21-3)7-5-9)18-12-19-11(20)13(2,22-12)14(15,16)17/h4-8H,1-3H3,(H,18,19,20)/t8-,13?/m0/s1. The molecule has 1 heterocycles. The number of carbonyl (C=O) groups is 1. The third kappa shape index (κ3) is 3.06. The molecule has 0 bridgehead atoms. The number of nitrogens with one attached hydrogen (secondary N) is 1. The van der Waals surface area contributed by atoms with Crippen LogP contribution in [-0.2, 0) is 4.79 Å². The summed E-state index contributed by atoms with van der Waals surface area (Å²) in [6, 6.07) is 6.80. The highest BCUT2D eigenvalue weighted by molar-refractivity contribution is 8.16. The van der Waals surface area contributed by atoms with Gasteiger partial charge in [-0.3, -0.25) is 4.79 Å². The molecule has 2 rings (SSSR count). The summed E-state index contributed by atoms with van der Waals surface area (Å²) in [7, 11) is 1.55. The topological polar surface area (TPSA) is 50.7 Å². The summed E-state index contributed by atoms with van der Waals surface area (Å²) in [5.74, 6) is -0.502. The molecule has 0 aromatic heterocycles. The SMILES string of the molecule is COc1ccc([C@H](C)NC2=NC(=O)C(C)(C(F)(F)F)S2)cc1. The Morgan fingerprint density at radius 3 is 2.36 bits per heavy atom. The molecule has 0 radical (unpaired) electrons. The number of methoxy groups -OCH3 is 1. The first-order valence-electron chi connectivity index (χ1n) is 6.46. The number of aliphatic imine (C=N–C) groups is 1. The van der Waals surface area contributed by atoms with Gasteiger partial charge in [0, 0.05) is 0 Å². The predicted octanol–water partition coefficient (Wildman–Crippen LogP) is 3.30. The van der Waals surface area contributed by atoms with Crippen molar-refractivity contribution in [2.24, 2.45) is 4.99 Å². The first-order chi connectivity index (χ1) is 10.2. The second-order valence-corrected chi connectivity index (χ2v) is 6.40. The maximum Gasteiger partial charge on any atom is 0.412 e. The first kappa shape index (κ1) is 16.7. The van der Waals surface area contributed by atoms with E-state index in [-0.39, 0.29) is 11.2 Å². The van der Waals surface area contributed by atoms with E-state index >= 15 is 0 Å². The molecule has 22 heavy (non-hydrogen) atoms. The number of hydrogen-bond donors (Lipinski definition) is 1. The van der Waals surface area contributed by atoms with Crippen molar-refractivity contribution in [3.05, 3.63) is 29.8 Å². The second kappa shape index (κ2) is 5.83. The van der Waals surface area contributed by atoms with Crippen LogP contribution in [0.25, 0.3) is 0 Å². The van der Waals surface area contributed by atoms with Crippen LogP contribution in [0.5, 0.6) is 5.75 Å². The van der Waals surface area contributed by atoms with E-state index in [9.17, 15) is 18.0 Å². The summed E-state index contributed by atoms with van der Waals surface area (Å²) in [5, 5.41) is 2.82. The molecule has 1 unspecified atom stereocenters. The molecule has 120 valence electrons. The normalized spacial score (nSPS) is 23.2. The molecule has 1 aromatic rings. The lowest BCUT2D eigenvalue weighted by molar-refractivity contribution is -0.165. The molecule has 0 fully saturated rings. The van der Waals surface area contributed by atoms with Crippen LogP contribution in [0.4, 0.5) is 13.2 Å². The number of nitrogens with zero attached hydrogens (tertiary/aromatic N) is 1. The summed E-state index contributed by atoms with van der Waals surface area (Å²) >= 11 is 0.398. The van der Waals surface area contributed by atoms with Gasteiger partial charge in [0.15, 0.2) is 9.91 Å². The molecule has 1 aliphatic heterocycles. The van der Waals surface area contributed by atoms with Gasteiger partial charge < -0.3 is 10.1 Å². The number of amides is 1. The van der Waals surface area contributed by atoms with Gasteiger partial charge in [-0.25, -0.2) is 0 Å². The van der Waals surface area contributed by atoms with Gasteiger partial charge in [0.1, 0.15) is 5.75 Å². The van der Waals surface area contributed by atoms with Crippen LogP contribution in [0.1, 0.15) is 25.5 Å². The average Bonchev–Trinajstić information content (AvgIpc) is 2.74. The number of benzene rings is 1. The van der Waals surface area contributed by atoms with Crippen LogP contribution < -0.4 is 10.1 Å². The zero-order chi connectivity index (χ0) is 16.5. The number of halogens is 3. The molecular weight excluding hydrogens is 317 g/mol. The van der Waals surface area contributed by atoms with E-state index in [1.165, 1.54) is 0 Å². The number of ether oxygens (including phenoxy) is 1. The summed E-state index contributed by atoms with van der Waals surface area (Å²) in [4.78, 5) is 15.1. The molecule has 0 aliphatic carbocycles. The van der Waals surface area contributed by atoms with Gasteiger partial charge in [-0.05, 0) is 31.5 Å². The Balaban J connectivity index is 2.08. The Labute approximate surface area is 130 Å². The maximum atomic E-state index is 13.0. The van der Waals surface area contributed by atoms with Crippen molar-refractivity contribution in [1.29, 1.82) is 0 Å². The fourth-order valence-electron chi connectivity index (χ4n) is 1.86. The predicted molar refractivity (Wildman–Crippen MR) is 79.0 cm³/mol. The van der Waals surface area contributed by atoms with Crippen LogP contribution in [0.2, 0.25) is 0 Å². The van der Waals surface area contributed by atoms with Gasteiger partial charge in [-0.15, -0.1) is 0 Å². The Kier molecular flexibility index (Phi) is 4.42. The summed E-state index contributed by atoms with van der Waals surface area (Å²) in [6.45, 7) is 2.62. The van der Waals surface area contributed by atoms with Crippen molar-refractivity contribution in [3.63, 3.8) is 0 Å². The number of alkyl halides is 3. The third-order valence-electron chi connectivity index (χ3n) is 3.41. The van der Waals surface area contributed by atoms with Crippen LogP contribution >= 0.6 is 11.8 Å². The van der Waals surface area contributed by atoms with E-state index in [0.717, 1.165) is 12.5 Å². The van der Waals surface area contributed by atoms with E-state index in [4.69, 9.17) is 4.74 Å². The molecule has 1 aliphatic rings. The number of rotatable bonds is 3. The van der Waals surface area contributed by atoms with Crippen molar-refractivity contribution in [2.75, 3.05) is 7.11 Å². The minimum Gasteiger partial charge on any atom is -0.497 e. The number of amidine groups is 1. The van der Waals surface area contributed by atoms with Crippen molar-refractivity contribution in [2.45, 2.75) is 30.8 Å². The Bertz CT molecular complexity index is 601. The van der Waals surface area contributed by atoms with Crippen molar-refractivity contribution in [1.82, 2.24) is 5.32 Å². The fraction of sp³-hybridized carbons (Fsp3) is 0.429. The van der Waals surface area contributed by atoms with Gasteiger partial charge in [0.25, 0.3) is 5.91 Å². The molecule has 4 nitrogen and oxygen atoms in total.